The molecule has 0 unspecified atom stereocenters. The van der Waals surface area contributed by atoms with E-state index in [0.717, 1.165) is 21.5 Å². The molecule has 0 spiro atoms. The zero-order chi connectivity index (χ0) is 21.9. The highest BCUT2D eigenvalue weighted by atomic mass is 79.9. The molecule has 160 valence electrons. The molecule has 1 heterocycles. The van der Waals surface area contributed by atoms with Gasteiger partial charge in [0.1, 0.15) is 5.75 Å². The first-order chi connectivity index (χ1) is 14.2. The zero-order valence-electron chi connectivity index (χ0n) is 17.7. The van der Waals surface area contributed by atoms with Gasteiger partial charge in [-0.3, -0.25) is 4.79 Å². The van der Waals surface area contributed by atoms with Crippen LogP contribution in [0.4, 0.5) is 5.69 Å². The van der Waals surface area contributed by atoms with Crippen LogP contribution in [-0.2, 0) is 21.0 Å². The number of hydroxylamine groups is 2. The van der Waals surface area contributed by atoms with Crippen LogP contribution >= 0.6 is 15.9 Å². The van der Waals surface area contributed by atoms with Crippen molar-refractivity contribution in [2.45, 2.75) is 27.3 Å². The molecule has 6 nitrogen and oxygen atoms in total. The third kappa shape index (κ3) is 5.21. The Labute approximate surface area is 185 Å². The van der Waals surface area contributed by atoms with E-state index in [1.165, 1.54) is 0 Å². The Morgan fingerprint density at radius 2 is 1.73 bits per heavy atom. The fraction of sp³-hybridized carbons (Fsp3) is 0.391. The molecule has 0 aliphatic carbocycles. The number of para-hydroxylation sites is 1. The maximum absolute atomic E-state index is 13.3. The van der Waals surface area contributed by atoms with Gasteiger partial charge in [0.05, 0.1) is 30.7 Å². The fourth-order valence-corrected chi connectivity index (χ4v) is 3.51. The molecular weight excluding hydrogens is 448 g/mol. The Hall–Kier alpha value is -2.38. The van der Waals surface area contributed by atoms with Crippen LogP contribution in [0.2, 0.25) is 0 Å². The van der Waals surface area contributed by atoms with Crippen molar-refractivity contribution in [1.29, 1.82) is 0 Å². The Morgan fingerprint density at radius 1 is 1.10 bits per heavy atom. The van der Waals surface area contributed by atoms with E-state index in [2.05, 4.69) is 15.9 Å². The summed E-state index contributed by atoms with van der Waals surface area (Å²) in [6.07, 6.45) is 0. The summed E-state index contributed by atoms with van der Waals surface area (Å²) in [6.45, 7) is 6.64. The standard InChI is InChI=1S/C23H27BrN2O4/c1-23(2,3)22(28)30-25-14-17(15-25)21(27)26(20-8-6-5-7-19(20)24)13-16-9-11-18(29-4)12-10-16/h5-12,17H,13-15H2,1-4H3. The van der Waals surface area contributed by atoms with Gasteiger partial charge in [-0.25, -0.2) is 4.79 Å². The van der Waals surface area contributed by atoms with E-state index in [1.807, 2.05) is 48.5 Å². The first kappa shape index (κ1) is 22.3. The molecule has 1 saturated heterocycles. The van der Waals surface area contributed by atoms with E-state index >= 15 is 0 Å². The van der Waals surface area contributed by atoms with Gasteiger partial charge in [-0.15, -0.1) is 5.06 Å². The average Bonchev–Trinajstić information content (AvgIpc) is 2.68. The first-order valence-corrected chi connectivity index (χ1v) is 10.6. The largest absolute Gasteiger partial charge is 0.497 e. The molecule has 0 radical (unpaired) electrons. The van der Waals surface area contributed by atoms with E-state index in [1.54, 1.807) is 37.8 Å². The second-order valence-electron chi connectivity index (χ2n) is 8.40. The van der Waals surface area contributed by atoms with E-state index in [-0.39, 0.29) is 17.8 Å². The van der Waals surface area contributed by atoms with Crippen molar-refractivity contribution in [3.63, 3.8) is 0 Å². The fourth-order valence-electron chi connectivity index (χ4n) is 3.01. The van der Waals surface area contributed by atoms with Crippen molar-refractivity contribution in [2.75, 3.05) is 25.1 Å². The van der Waals surface area contributed by atoms with Gasteiger partial charge in [0.15, 0.2) is 0 Å². The lowest BCUT2D eigenvalue weighted by atomic mass is 9.97. The lowest BCUT2D eigenvalue weighted by Gasteiger charge is -2.39. The SMILES string of the molecule is COc1ccc(CN(C(=O)C2CN(OC(=O)C(C)(C)C)C2)c2ccccc2Br)cc1. The minimum Gasteiger partial charge on any atom is -0.497 e. The number of amides is 1. The molecule has 0 bridgehead atoms. The smallest absolute Gasteiger partial charge is 0.330 e. The molecule has 1 aliphatic heterocycles. The van der Waals surface area contributed by atoms with Crippen LogP contribution in [0, 0.1) is 11.3 Å². The lowest BCUT2D eigenvalue weighted by Crippen LogP contribution is -2.55. The summed E-state index contributed by atoms with van der Waals surface area (Å²) in [6, 6.07) is 15.3. The summed E-state index contributed by atoms with van der Waals surface area (Å²) in [4.78, 5) is 32.6. The number of nitrogens with zero attached hydrogens (tertiary/aromatic N) is 2. The number of halogens is 1. The molecule has 3 rings (SSSR count). The second-order valence-corrected chi connectivity index (χ2v) is 9.25. The van der Waals surface area contributed by atoms with Crippen molar-refractivity contribution >= 4 is 33.5 Å². The zero-order valence-corrected chi connectivity index (χ0v) is 19.3. The number of methoxy groups -OCH3 is 1. The highest BCUT2D eigenvalue weighted by Gasteiger charge is 2.40. The molecular formula is C23H27BrN2O4. The number of hydrogen-bond acceptors (Lipinski definition) is 5. The van der Waals surface area contributed by atoms with Gasteiger partial charge >= 0.3 is 5.97 Å². The molecule has 1 aliphatic rings. The van der Waals surface area contributed by atoms with Crippen LogP contribution in [0.25, 0.3) is 0 Å². The van der Waals surface area contributed by atoms with Gasteiger partial charge in [-0.05, 0) is 66.5 Å². The number of ether oxygens (including phenoxy) is 1. The number of hydrogen-bond donors (Lipinski definition) is 0. The van der Waals surface area contributed by atoms with Crippen LogP contribution in [0.1, 0.15) is 26.3 Å². The summed E-state index contributed by atoms with van der Waals surface area (Å²) in [5.74, 6) is 0.242. The van der Waals surface area contributed by atoms with E-state index in [4.69, 9.17) is 9.57 Å². The quantitative estimate of drug-likeness (QED) is 0.619. The Balaban J connectivity index is 1.73. The summed E-state index contributed by atoms with van der Waals surface area (Å²) in [5.41, 5.74) is 1.23. The van der Waals surface area contributed by atoms with E-state index < -0.39 is 5.41 Å². The highest BCUT2D eigenvalue weighted by Crippen LogP contribution is 2.31. The molecule has 2 aromatic rings. The van der Waals surface area contributed by atoms with Gasteiger partial charge in [0.25, 0.3) is 0 Å². The average molecular weight is 475 g/mol. The molecule has 0 atom stereocenters. The maximum atomic E-state index is 13.3. The third-order valence-corrected chi connectivity index (χ3v) is 5.60. The predicted molar refractivity (Wildman–Crippen MR) is 119 cm³/mol. The van der Waals surface area contributed by atoms with Crippen LogP contribution < -0.4 is 9.64 Å². The molecule has 0 saturated carbocycles. The number of carbonyl (C=O) groups excluding carboxylic acids is 2. The van der Waals surface area contributed by atoms with Crippen LogP contribution in [-0.4, -0.2) is 37.1 Å². The maximum Gasteiger partial charge on any atom is 0.330 e. The van der Waals surface area contributed by atoms with Gasteiger partial charge in [-0.2, -0.15) is 0 Å². The van der Waals surface area contributed by atoms with Crippen LogP contribution in [0.3, 0.4) is 0 Å². The van der Waals surface area contributed by atoms with Crippen LogP contribution in [0.15, 0.2) is 53.0 Å². The van der Waals surface area contributed by atoms with Crippen molar-refractivity contribution in [1.82, 2.24) is 5.06 Å². The molecule has 2 aromatic carbocycles. The second kappa shape index (κ2) is 9.18. The summed E-state index contributed by atoms with van der Waals surface area (Å²) in [5, 5.41) is 1.56. The minimum absolute atomic E-state index is 0.000718. The molecule has 0 aromatic heterocycles. The number of carbonyl (C=O) groups is 2. The number of rotatable bonds is 6. The Kier molecular flexibility index (Phi) is 6.83. The predicted octanol–water partition coefficient (Wildman–Crippen LogP) is 4.43. The van der Waals surface area contributed by atoms with Gasteiger partial charge in [-0.1, -0.05) is 24.3 Å². The van der Waals surface area contributed by atoms with E-state index in [0.29, 0.717) is 19.6 Å². The Bertz CT molecular complexity index is 902. The molecule has 1 amide bonds. The lowest BCUT2D eigenvalue weighted by molar-refractivity contribution is -0.227. The summed E-state index contributed by atoms with van der Waals surface area (Å²) >= 11 is 3.56. The topological polar surface area (TPSA) is 59.1 Å². The van der Waals surface area contributed by atoms with Crippen molar-refractivity contribution in [3.8, 4) is 5.75 Å². The van der Waals surface area contributed by atoms with Gasteiger partial charge < -0.3 is 14.5 Å². The van der Waals surface area contributed by atoms with Crippen molar-refractivity contribution in [2.24, 2.45) is 11.3 Å². The van der Waals surface area contributed by atoms with Crippen LogP contribution in [0.5, 0.6) is 5.75 Å². The monoisotopic (exact) mass is 474 g/mol. The minimum atomic E-state index is -0.579. The van der Waals surface area contributed by atoms with Gasteiger partial charge in [0, 0.05) is 17.6 Å². The number of anilines is 1. The Morgan fingerprint density at radius 3 is 2.30 bits per heavy atom. The highest BCUT2D eigenvalue weighted by molar-refractivity contribution is 9.10. The molecule has 1 fully saturated rings. The van der Waals surface area contributed by atoms with Crippen molar-refractivity contribution in [3.05, 3.63) is 58.6 Å². The molecule has 0 N–H and O–H groups in total. The first-order valence-electron chi connectivity index (χ1n) is 9.85. The van der Waals surface area contributed by atoms with Crippen molar-refractivity contribution < 1.29 is 19.2 Å². The summed E-state index contributed by atoms with van der Waals surface area (Å²) in [7, 11) is 1.63. The third-order valence-electron chi connectivity index (χ3n) is 4.93. The summed E-state index contributed by atoms with van der Waals surface area (Å²) < 4.78 is 6.07. The molecule has 30 heavy (non-hydrogen) atoms. The van der Waals surface area contributed by atoms with E-state index in [9.17, 15) is 9.59 Å². The normalized spacial score (nSPS) is 14.7. The molecule has 7 heteroatoms. The van der Waals surface area contributed by atoms with Gasteiger partial charge in [0.2, 0.25) is 5.91 Å². The number of benzene rings is 2.